The molecule has 0 unspecified atom stereocenters. The number of nitrogens with two attached hydrogens (primary N) is 1. The van der Waals surface area contributed by atoms with E-state index < -0.39 is 0 Å². The Bertz CT molecular complexity index is 1660. The van der Waals surface area contributed by atoms with E-state index >= 15 is 0 Å². The Balaban J connectivity index is 1.47. The van der Waals surface area contributed by atoms with Crippen molar-refractivity contribution in [1.82, 2.24) is 24.0 Å². The van der Waals surface area contributed by atoms with Crippen LogP contribution in [0.5, 0.6) is 11.5 Å². The average Bonchev–Trinajstić information content (AvgIpc) is 3.17. The second kappa shape index (κ2) is 10.1. The Morgan fingerprint density at radius 1 is 1.13 bits per heavy atom. The summed E-state index contributed by atoms with van der Waals surface area (Å²) in [5.41, 5.74) is 7.00. The number of hydrogen-bond acceptors (Lipinski definition) is 7. The third-order valence-electron chi connectivity index (χ3n) is 6.53. The molecule has 4 aromatic rings. The molecule has 5 rings (SSSR count). The number of fused-ring (bicyclic) bond motifs is 1. The fourth-order valence-electron chi connectivity index (χ4n) is 4.63. The van der Waals surface area contributed by atoms with Crippen LogP contribution in [-0.4, -0.2) is 42.5 Å². The van der Waals surface area contributed by atoms with Gasteiger partial charge in [0.25, 0.3) is 5.91 Å². The lowest BCUT2D eigenvalue weighted by Gasteiger charge is -2.41. The number of rotatable bonds is 6. The van der Waals surface area contributed by atoms with Gasteiger partial charge in [-0.3, -0.25) is 13.9 Å². The molecule has 0 aliphatic carbocycles. The lowest BCUT2D eigenvalue weighted by molar-refractivity contribution is -0.134. The molecular formula is C29H29N7O3. The maximum atomic E-state index is 13.8. The molecule has 39 heavy (non-hydrogen) atoms. The van der Waals surface area contributed by atoms with Crippen LogP contribution in [0.2, 0.25) is 0 Å². The SMILES string of the molecule is CC(C)(C)C=C(C#N)C(=O)N1CC[C@H]1Cn1c(=O)n(-c2ccc(Oc3ccccc3)cc2)c2c(N)ncnc21. The van der Waals surface area contributed by atoms with Crippen LogP contribution in [0.4, 0.5) is 5.82 Å². The summed E-state index contributed by atoms with van der Waals surface area (Å²) in [5.74, 6) is 1.16. The van der Waals surface area contributed by atoms with E-state index in [0.717, 1.165) is 0 Å². The summed E-state index contributed by atoms with van der Waals surface area (Å²) in [6, 6.07) is 18.3. The summed E-state index contributed by atoms with van der Waals surface area (Å²) in [7, 11) is 0. The predicted octanol–water partition coefficient (Wildman–Crippen LogP) is 4.05. The molecule has 1 amide bonds. The van der Waals surface area contributed by atoms with Crippen LogP contribution in [0.15, 0.2) is 77.4 Å². The Kier molecular flexibility index (Phi) is 6.66. The molecule has 1 saturated heterocycles. The molecule has 198 valence electrons. The Hall–Kier alpha value is -4.91. The summed E-state index contributed by atoms with van der Waals surface area (Å²) in [5, 5.41) is 9.59. The van der Waals surface area contributed by atoms with Crippen molar-refractivity contribution in [2.45, 2.75) is 39.8 Å². The van der Waals surface area contributed by atoms with E-state index in [-0.39, 0.29) is 41.0 Å². The molecule has 1 aliphatic rings. The second-order valence-electron chi connectivity index (χ2n) is 10.5. The molecule has 1 atom stereocenters. The highest BCUT2D eigenvalue weighted by Crippen LogP contribution is 2.28. The van der Waals surface area contributed by atoms with Crippen molar-refractivity contribution in [1.29, 1.82) is 5.26 Å². The first-order valence-corrected chi connectivity index (χ1v) is 12.7. The van der Waals surface area contributed by atoms with Gasteiger partial charge in [0.1, 0.15) is 35.0 Å². The molecule has 2 aromatic carbocycles. The maximum absolute atomic E-state index is 13.8. The van der Waals surface area contributed by atoms with Crippen LogP contribution in [0.25, 0.3) is 16.9 Å². The van der Waals surface area contributed by atoms with E-state index in [1.807, 2.05) is 57.2 Å². The van der Waals surface area contributed by atoms with E-state index in [9.17, 15) is 14.9 Å². The first-order chi connectivity index (χ1) is 18.7. The van der Waals surface area contributed by atoms with Crippen molar-refractivity contribution >= 4 is 22.9 Å². The number of hydrogen-bond donors (Lipinski definition) is 1. The minimum atomic E-state index is -0.348. The van der Waals surface area contributed by atoms with Crippen LogP contribution in [0.1, 0.15) is 27.2 Å². The van der Waals surface area contributed by atoms with E-state index in [1.165, 1.54) is 15.5 Å². The van der Waals surface area contributed by atoms with E-state index in [0.29, 0.717) is 41.3 Å². The number of imidazole rings is 1. The number of nitrogens with zero attached hydrogens (tertiary/aromatic N) is 6. The molecular weight excluding hydrogens is 494 g/mol. The number of benzene rings is 2. The van der Waals surface area contributed by atoms with Gasteiger partial charge in [-0.05, 0) is 48.2 Å². The van der Waals surface area contributed by atoms with E-state index in [1.54, 1.807) is 35.2 Å². The summed E-state index contributed by atoms with van der Waals surface area (Å²) in [6.07, 6.45) is 3.70. The number of carbonyl (C=O) groups excluding carboxylic acids is 1. The largest absolute Gasteiger partial charge is 0.457 e. The fraction of sp³-hybridized carbons (Fsp3) is 0.276. The van der Waals surface area contributed by atoms with Gasteiger partial charge in [0, 0.05) is 13.1 Å². The number of allylic oxidation sites excluding steroid dienone is 1. The van der Waals surface area contributed by atoms with Crippen molar-refractivity contribution < 1.29 is 9.53 Å². The van der Waals surface area contributed by atoms with Crippen LogP contribution in [0.3, 0.4) is 0 Å². The highest BCUT2D eigenvalue weighted by molar-refractivity contribution is 5.98. The predicted molar refractivity (Wildman–Crippen MR) is 147 cm³/mol. The zero-order valence-corrected chi connectivity index (χ0v) is 22.0. The Labute approximate surface area is 225 Å². The van der Waals surface area contributed by atoms with Gasteiger partial charge in [-0.15, -0.1) is 0 Å². The number of para-hydroxylation sites is 1. The van der Waals surface area contributed by atoms with E-state index in [2.05, 4.69) is 9.97 Å². The number of amides is 1. The summed E-state index contributed by atoms with van der Waals surface area (Å²) >= 11 is 0. The minimum absolute atomic E-state index is 0.103. The van der Waals surface area contributed by atoms with Crippen molar-refractivity contribution in [2.24, 2.45) is 5.41 Å². The molecule has 0 bridgehead atoms. The lowest BCUT2D eigenvalue weighted by atomic mass is 9.92. The standard InChI is InChI=1S/C29H29N7O3/c1-29(2,3)15-19(16-30)27(37)34-14-13-21(34)17-35-26-24(25(31)32-18-33-26)36(28(35)38)20-9-11-23(12-10-20)39-22-7-5-4-6-8-22/h4-12,15,18,21H,13-14,17H2,1-3H3,(H2,31,32,33)/t21-/m0/s1. The van der Waals surface area contributed by atoms with Gasteiger partial charge in [-0.25, -0.2) is 14.8 Å². The number of anilines is 1. The normalized spacial score (nSPS) is 15.6. The minimum Gasteiger partial charge on any atom is -0.457 e. The number of carbonyl (C=O) groups is 1. The molecule has 1 aliphatic heterocycles. The smallest absolute Gasteiger partial charge is 0.335 e. The van der Waals surface area contributed by atoms with Crippen molar-refractivity contribution in [2.75, 3.05) is 12.3 Å². The molecule has 0 spiro atoms. The monoisotopic (exact) mass is 523 g/mol. The fourth-order valence-corrected chi connectivity index (χ4v) is 4.63. The van der Waals surface area contributed by atoms with Gasteiger partial charge in [-0.2, -0.15) is 5.26 Å². The first-order valence-electron chi connectivity index (χ1n) is 12.7. The number of nitriles is 1. The van der Waals surface area contributed by atoms with Gasteiger partial charge < -0.3 is 15.4 Å². The molecule has 1 fully saturated rings. The first kappa shape index (κ1) is 25.7. The Morgan fingerprint density at radius 3 is 2.44 bits per heavy atom. The highest BCUT2D eigenvalue weighted by Gasteiger charge is 2.35. The van der Waals surface area contributed by atoms with Crippen molar-refractivity contribution in [3.63, 3.8) is 0 Å². The summed E-state index contributed by atoms with van der Waals surface area (Å²) < 4.78 is 8.87. The van der Waals surface area contributed by atoms with Crippen LogP contribution in [0, 0.1) is 16.7 Å². The molecule has 2 aromatic heterocycles. The highest BCUT2D eigenvalue weighted by atomic mass is 16.5. The van der Waals surface area contributed by atoms with E-state index in [4.69, 9.17) is 10.5 Å². The molecule has 10 heteroatoms. The quantitative estimate of drug-likeness (QED) is 0.298. The maximum Gasteiger partial charge on any atom is 0.335 e. The number of likely N-dealkylation sites (tertiary alicyclic amines) is 1. The van der Waals surface area contributed by atoms with Crippen LogP contribution < -0.4 is 16.2 Å². The van der Waals surface area contributed by atoms with Crippen molar-refractivity contribution in [3.05, 3.63) is 83.1 Å². The summed E-state index contributed by atoms with van der Waals surface area (Å²) in [4.78, 5) is 37.0. The van der Waals surface area contributed by atoms with Gasteiger partial charge >= 0.3 is 5.69 Å². The molecule has 0 radical (unpaired) electrons. The van der Waals surface area contributed by atoms with Gasteiger partial charge in [-0.1, -0.05) is 45.0 Å². The molecule has 2 N–H and O–H groups in total. The topological polar surface area (TPSA) is 132 Å². The molecule has 0 saturated carbocycles. The zero-order valence-electron chi connectivity index (χ0n) is 22.0. The lowest BCUT2D eigenvalue weighted by Crippen LogP contribution is -2.54. The third-order valence-corrected chi connectivity index (χ3v) is 6.53. The van der Waals surface area contributed by atoms with Crippen LogP contribution >= 0.6 is 0 Å². The van der Waals surface area contributed by atoms with Crippen molar-refractivity contribution in [3.8, 4) is 23.3 Å². The summed E-state index contributed by atoms with van der Waals surface area (Å²) in [6.45, 7) is 6.53. The second-order valence-corrected chi connectivity index (χ2v) is 10.5. The number of aromatic nitrogens is 4. The average molecular weight is 524 g/mol. The number of ether oxygens (including phenoxy) is 1. The van der Waals surface area contributed by atoms with Crippen LogP contribution in [-0.2, 0) is 11.3 Å². The van der Waals surface area contributed by atoms with Gasteiger partial charge in [0.2, 0.25) is 0 Å². The molecule has 3 heterocycles. The number of nitrogen functional groups attached to an aromatic ring is 1. The third kappa shape index (κ3) is 5.11. The Morgan fingerprint density at radius 2 is 1.82 bits per heavy atom. The van der Waals surface area contributed by atoms with Gasteiger partial charge in [0.15, 0.2) is 11.5 Å². The zero-order chi connectivity index (χ0) is 27.7. The van der Waals surface area contributed by atoms with Gasteiger partial charge in [0.05, 0.1) is 11.7 Å². The molecule has 10 nitrogen and oxygen atoms in total.